The van der Waals surface area contributed by atoms with Gasteiger partial charge < -0.3 is 10.1 Å². The molecule has 3 heterocycles. The predicted octanol–water partition coefficient (Wildman–Crippen LogP) is 7.15. The highest BCUT2D eigenvalue weighted by Crippen LogP contribution is 2.48. The van der Waals surface area contributed by atoms with Crippen LogP contribution in [0.3, 0.4) is 0 Å². The van der Waals surface area contributed by atoms with E-state index >= 15 is 13.2 Å². The van der Waals surface area contributed by atoms with Crippen LogP contribution in [0.5, 0.6) is 0 Å². The van der Waals surface area contributed by atoms with Crippen LogP contribution in [0.2, 0.25) is 0 Å². The molecule has 0 saturated carbocycles. The van der Waals surface area contributed by atoms with Crippen LogP contribution in [0.15, 0.2) is 88.6 Å². The van der Waals surface area contributed by atoms with E-state index in [2.05, 4.69) is 15.4 Å². The zero-order chi connectivity index (χ0) is 44.2. The SMILES string of the molecule is CC1Cc2c(C(F)F)nn(CC(=O)NC(Cc3cc(F)cc(F)c3)c3nc4cc(-c5cccc(F)c5F)ccc4c(=O)n3-c3ccc(S(=O)(=O)N4CCOCC4)cc3)c2C1(F)F. The Kier molecular flexibility index (Phi) is 11.3. The molecule has 6 aromatic rings. The number of morpholine rings is 1. The summed E-state index contributed by atoms with van der Waals surface area (Å²) in [5, 5.41) is 6.13. The summed E-state index contributed by atoms with van der Waals surface area (Å²) in [6.45, 7) is 0.650. The van der Waals surface area contributed by atoms with Gasteiger partial charge in [0.05, 0.1) is 40.7 Å². The lowest BCUT2D eigenvalue weighted by atomic mass is 10.0. The zero-order valence-corrected chi connectivity index (χ0v) is 33.2. The Balaban J connectivity index is 1.29. The van der Waals surface area contributed by atoms with Crippen LogP contribution in [0.25, 0.3) is 27.7 Å². The number of alkyl halides is 4. The smallest absolute Gasteiger partial charge is 0.292 e. The first-order chi connectivity index (χ1) is 29.4. The van der Waals surface area contributed by atoms with Gasteiger partial charge >= 0.3 is 0 Å². The van der Waals surface area contributed by atoms with Crippen molar-refractivity contribution in [2.75, 3.05) is 26.3 Å². The molecule has 2 unspecified atom stereocenters. The van der Waals surface area contributed by atoms with Crippen LogP contribution >= 0.6 is 0 Å². The second-order valence-electron chi connectivity index (χ2n) is 15.0. The Bertz CT molecular complexity index is 2880. The summed E-state index contributed by atoms with van der Waals surface area (Å²) in [6.07, 6.45) is -4.20. The summed E-state index contributed by atoms with van der Waals surface area (Å²) in [5.74, 6) is -10.9. The molecule has 8 rings (SSSR count). The molecule has 1 saturated heterocycles. The standard InChI is InChI=1S/C42H34F8N6O5S/c1-22-15-31-37(39(47)48)53-55(38(31)42(22,49)50)21-35(57)51-34(18-23-16-25(43)20-26(44)17-23)40-52-33-19-24(29-3-2-4-32(45)36(29)46)5-10-30(33)41(58)56(40)27-6-8-28(9-7-27)62(59,60)54-11-13-61-14-12-54/h2-10,16-17,19-20,22,34,39H,11-15,18,21H2,1H3,(H,51,57). The number of halogens is 8. The summed E-state index contributed by atoms with van der Waals surface area (Å²) in [7, 11) is -4.03. The highest BCUT2D eigenvalue weighted by Gasteiger charge is 2.51. The van der Waals surface area contributed by atoms with E-state index in [-0.39, 0.29) is 70.3 Å². The van der Waals surface area contributed by atoms with Gasteiger partial charge in [-0.1, -0.05) is 25.1 Å². The minimum Gasteiger partial charge on any atom is -0.379 e. The first-order valence-electron chi connectivity index (χ1n) is 19.1. The molecule has 1 aliphatic carbocycles. The summed E-state index contributed by atoms with van der Waals surface area (Å²) < 4.78 is 152. The van der Waals surface area contributed by atoms with E-state index in [0.717, 1.165) is 29.7 Å². The van der Waals surface area contributed by atoms with Crippen LogP contribution in [-0.4, -0.2) is 64.3 Å². The van der Waals surface area contributed by atoms with Gasteiger partial charge in [-0.25, -0.2) is 39.7 Å². The van der Waals surface area contributed by atoms with Crippen molar-refractivity contribution in [2.24, 2.45) is 5.92 Å². The number of aromatic nitrogens is 4. The van der Waals surface area contributed by atoms with Crippen LogP contribution < -0.4 is 10.9 Å². The molecule has 2 atom stereocenters. The van der Waals surface area contributed by atoms with E-state index in [0.29, 0.717) is 10.7 Å². The second kappa shape index (κ2) is 16.4. The Labute approximate surface area is 347 Å². The zero-order valence-electron chi connectivity index (χ0n) is 32.4. The second-order valence-corrected chi connectivity index (χ2v) is 16.9. The molecule has 4 aromatic carbocycles. The average Bonchev–Trinajstić information content (AvgIpc) is 3.70. The fourth-order valence-corrected chi connectivity index (χ4v) is 9.29. The molecule has 1 aliphatic heterocycles. The number of hydrogen-bond donors (Lipinski definition) is 1. The maximum Gasteiger partial charge on any atom is 0.292 e. The average molecular weight is 887 g/mol. The van der Waals surface area contributed by atoms with Gasteiger partial charge in [0.25, 0.3) is 17.9 Å². The minimum absolute atomic E-state index is 0.00893. The number of carbonyl (C=O) groups excluding carboxylic acids is 1. The summed E-state index contributed by atoms with van der Waals surface area (Å²) in [5.41, 5.74) is -3.36. The van der Waals surface area contributed by atoms with Crippen LogP contribution in [-0.2, 0) is 44.9 Å². The van der Waals surface area contributed by atoms with E-state index in [4.69, 9.17) is 4.74 Å². The van der Waals surface area contributed by atoms with E-state index in [1.165, 1.54) is 58.9 Å². The highest BCUT2D eigenvalue weighted by molar-refractivity contribution is 7.89. The molecular formula is C42H34F8N6O5S. The van der Waals surface area contributed by atoms with Gasteiger partial charge in [-0.15, -0.1) is 0 Å². The third-order valence-corrected chi connectivity index (χ3v) is 12.8. The van der Waals surface area contributed by atoms with Gasteiger partial charge in [-0.05, 0) is 72.1 Å². The number of benzene rings is 4. The number of ether oxygens (including phenoxy) is 1. The number of hydrogen-bond acceptors (Lipinski definition) is 7. The van der Waals surface area contributed by atoms with Gasteiger partial charge in [-0.2, -0.15) is 18.2 Å². The fourth-order valence-electron chi connectivity index (χ4n) is 7.88. The van der Waals surface area contributed by atoms with E-state index in [9.17, 15) is 40.0 Å². The molecule has 0 spiro atoms. The molecule has 0 bridgehead atoms. The first kappa shape index (κ1) is 42.7. The van der Waals surface area contributed by atoms with Crippen molar-refractivity contribution in [3.63, 3.8) is 0 Å². The van der Waals surface area contributed by atoms with Crippen molar-refractivity contribution >= 4 is 26.8 Å². The maximum absolute atomic E-state index is 15.4. The van der Waals surface area contributed by atoms with Crippen molar-refractivity contribution in [1.82, 2.24) is 29.0 Å². The van der Waals surface area contributed by atoms with Gasteiger partial charge in [-0.3, -0.25) is 18.8 Å². The third-order valence-electron chi connectivity index (χ3n) is 10.9. The molecule has 62 heavy (non-hydrogen) atoms. The van der Waals surface area contributed by atoms with E-state index < -0.39 is 105 Å². The topological polar surface area (TPSA) is 128 Å². The summed E-state index contributed by atoms with van der Waals surface area (Å²) in [6, 6.07) is 13.2. The Morgan fingerprint density at radius 2 is 1.65 bits per heavy atom. The Morgan fingerprint density at radius 3 is 2.32 bits per heavy atom. The van der Waals surface area contributed by atoms with Gasteiger partial charge in [0.1, 0.15) is 35.4 Å². The number of carbonyl (C=O) groups is 1. The first-order valence-corrected chi connectivity index (χ1v) is 20.6. The van der Waals surface area contributed by atoms with Crippen LogP contribution in [0.1, 0.15) is 47.7 Å². The van der Waals surface area contributed by atoms with Crippen molar-refractivity contribution in [1.29, 1.82) is 0 Å². The summed E-state index contributed by atoms with van der Waals surface area (Å²) in [4.78, 5) is 33.1. The lowest BCUT2D eigenvalue weighted by molar-refractivity contribution is -0.123. The maximum atomic E-state index is 15.4. The molecule has 1 N–H and O–H groups in total. The molecule has 11 nitrogen and oxygen atoms in total. The minimum atomic E-state index is -4.03. The van der Waals surface area contributed by atoms with Crippen molar-refractivity contribution in [3.05, 3.63) is 141 Å². The van der Waals surface area contributed by atoms with Crippen molar-refractivity contribution in [2.45, 2.75) is 49.6 Å². The van der Waals surface area contributed by atoms with Gasteiger partial charge in [0.15, 0.2) is 11.6 Å². The fraction of sp³-hybridized carbons (Fsp3) is 0.286. The van der Waals surface area contributed by atoms with Gasteiger partial charge in [0, 0.05) is 42.6 Å². The quantitative estimate of drug-likeness (QED) is 0.137. The molecule has 2 aromatic heterocycles. The number of sulfonamides is 1. The number of nitrogens with zero attached hydrogens (tertiary/aromatic N) is 5. The normalized spacial score (nSPS) is 17.1. The molecule has 0 radical (unpaired) electrons. The number of nitrogens with one attached hydrogen (secondary N) is 1. The number of amides is 1. The lowest BCUT2D eigenvalue weighted by Crippen LogP contribution is -2.40. The molecule has 20 heteroatoms. The molecular weight excluding hydrogens is 853 g/mol. The highest BCUT2D eigenvalue weighted by atomic mass is 32.2. The van der Waals surface area contributed by atoms with E-state index in [1.807, 2.05) is 0 Å². The monoisotopic (exact) mass is 886 g/mol. The van der Waals surface area contributed by atoms with E-state index in [1.54, 1.807) is 0 Å². The number of rotatable bonds is 11. The Morgan fingerprint density at radius 1 is 0.952 bits per heavy atom. The number of fused-ring (bicyclic) bond motifs is 2. The van der Waals surface area contributed by atoms with Crippen LogP contribution in [0.4, 0.5) is 35.1 Å². The Hall–Kier alpha value is -5.99. The largest absolute Gasteiger partial charge is 0.379 e. The summed E-state index contributed by atoms with van der Waals surface area (Å²) >= 11 is 0. The third kappa shape index (κ3) is 7.85. The van der Waals surface area contributed by atoms with Gasteiger partial charge in [0.2, 0.25) is 15.9 Å². The van der Waals surface area contributed by atoms with Crippen molar-refractivity contribution in [3.8, 4) is 16.8 Å². The lowest BCUT2D eigenvalue weighted by Gasteiger charge is -2.26. The molecule has 324 valence electrons. The molecule has 1 fully saturated rings. The molecule has 2 aliphatic rings. The molecule has 1 amide bonds. The van der Waals surface area contributed by atoms with Crippen LogP contribution in [0, 0.1) is 29.2 Å². The predicted molar refractivity (Wildman–Crippen MR) is 207 cm³/mol. The van der Waals surface area contributed by atoms with Crippen molar-refractivity contribution < 1.29 is 53.1 Å².